The zero-order valence-electron chi connectivity index (χ0n) is 9.87. The van der Waals surface area contributed by atoms with Gasteiger partial charge < -0.3 is 40.0 Å². The topological polar surface area (TPSA) is 9.72 Å². The van der Waals surface area contributed by atoms with E-state index in [1.54, 1.807) is 0 Å². The minimum absolute atomic E-state index is 0. The molecule has 0 N–H and O–H groups in total. The smallest absolute Gasteiger partial charge is 0.0102 e. The fraction of sp³-hybridized carbons (Fsp3) is 1.00. The molecule has 0 aromatic rings. The summed E-state index contributed by atoms with van der Waals surface area (Å²) in [4.78, 5) is 6.45. The molecule has 1 radical (unpaired) electrons. The van der Waals surface area contributed by atoms with Gasteiger partial charge in [0.1, 0.15) is 0 Å². The third-order valence-corrected chi connectivity index (χ3v) is 2.56. The van der Waals surface area contributed by atoms with Gasteiger partial charge in [-0.05, 0) is 28.2 Å². The monoisotopic (exact) mass is 432 g/mol. The summed E-state index contributed by atoms with van der Waals surface area (Å²) in [5, 5.41) is 0. The van der Waals surface area contributed by atoms with Gasteiger partial charge in [0, 0.05) is 48.6 Å². The normalized spacial score (nSPS) is 11.6. The van der Waals surface area contributed by atoms with Gasteiger partial charge in [0.05, 0.1) is 0 Å². The zero-order chi connectivity index (χ0) is 11.1. The van der Waals surface area contributed by atoms with Crippen molar-refractivity contribution in [2.75, 3.05) is 54.4 Å². The van der Waals surface area contributed by atoms with Crippen LogP contribution in [-0.2, 0) is 47.6 Å². The first kappa shape index (κ1) is 18.7. The summed E-state index contributed by atoms with van der Waals surface area (Å²) in [5.74, 6) is 0. The summed E-state index contributed by atoms with van der Waals surface area (Å²) in [6.07, 6.45) is 0. The van der Waals surface area contributed by atoms with Crippen LogP contribution in [0.5, 0.6) is 0 Å². The van der Waals surface area contributed by atoms with Crippen LogP contribution in [0.1, 0.15) is 0 Å². The summed E-state index contributed by atoms with van der Waals surface area (Å²) in [6.45, 7) is 3.94. The maximum absolute atomic E-state index is 5.11. The molecule has 0 unspecified atom stereocenters. The van der Waals surface area contributed by atoms with Crippen LogP contribution in [0.4, 0.5) is 0 Å². The largest absolute Gasteiger partial charge is 0.800 e. The van der Waals surface area contributed by atoms with E-state index < -0.39 is 0 Å². The molecule has 0 aliphatic carbocycles. The van der Waals surface area contributed by atoms with Crippen molar-refractivity contribution in [3.05, 3.63) is 0 Å². The number of nitrogens with zero attached hydrogens (tertiary/aromatic N) is 3. The molecule has 0 amide bonds. The predicted octanol–water partition coefficient (Wildman–Crippen LogP) is -0.213. The molecule has 15 heavy (non-hydrogen) atoms. The van der Waals surface area contributed by atoms with Gasteiger partial charge >= 0.3 is 0 Å². The minimum atomic E-state index is -0.185. The molecule has 0 rings (SSSR count). The van der Waals surface area contributed by atoms with Gasteiger partial charge in [-0.3, -0.25) is 0 Å². The van der Waals surface area contributed by atoms with E-state index in [-0.39, 0.29) is 27.1 Å². The fourth-order valence-corrected chi connectivity index (χ4v) is 1.40. The van der Waals surface area contributed by atoms with Crippen molar-refractivity contribution in [3.8, 4) is 0 Å². The minimum Gasteiger partial charge on any atom is -0.800 e. The van der Waals surface area contributed by atoms with Crippen LogP contribution in [0.15, 0.2) is 0 Å². The summed E-state index contributed by atoms with van der Waals surface area (Å²) >= 11 is 10.2. The van der Waals surface area contributed by atoms with Crippen molar-refractivity contribution in [1.29, 1.82) is 0 Å². The van der Waals surface area contributed by atoms with Gasteiger partial charge in [-0.25, -0.2) is 4.71 Å². The Kier molecular flexibility index (Phi) is 13.0. The molecule has 0 atom stereocenters. The standard InChI is InChI=1S/C9H23N3S2.Au/c1-10(2)5-7-12(9(13)14)8-6-11(3)4;/h9,13-14H,5-8H2,1-4H3;/p-2. The van der Waals surface area contributed by atoms with Crippen LogP contribution in [-0.4, -0.2) is 73.8 Å². The number of hydrogen-bond donors (Lipinski definition) is 0. The number of likely N-dealkylation sites (N-methyl/N-ethyl adjacent to an activating group) is 2. The number of hydrogen-bond acceptors (Lipinski definition) is 5. The van der Waals surface area contributed by atoms with Crippen LogP contribution in [0.25, 0.3) is 0 Å². The molecule has 0 aliphatic rings. The average Bonchev–Trinajstić information content (AvgIpc) is 2.02. The molecular weight excluding hydrogens is 411 g/mol. The van der Waals surface area contributed by atoms with Gasteiger partial charge in [0.15, 0.2) is 0 Å². The first-order chi connectivity index (χ1) is 6.43. The maximum atomic E-state index is 5.11. The van der Waals surface area contributed by atoms with Gasteiger partial charge in [-0.1, -0.05) is 0 Å². The van der Waals surface area contributed by atoms with Crippen molar-refractivity contribution in [1.82, 2.24) is 14.7 Å². The first-order valence-corrected chi connectivity index (χ1v) is 5.73. The Morgan fingerprint density at radius 3 is 1.33 bits per heavy atom. The molecule has 3 nitrogen and oxygen atoms in total. The Hall–Kier alpha value is 1.32. The van der Waals surface area contributed by atoms with Crippen molar-refractivity contribution < 1.29 is 22.4 Å². The van der Waals surface area contributed by atoms with E-state index in [1.807, 2.05) is 0 Å². The predicted molar refractivity (Wildman–Crippen MR) is 67.2 cm³/mol. The Bertz CT molecular complexity index is 133. The van der Waals surface area contributed by atoms with Gasteiger partial charge in [-0.2, -0.15) is 0 Å². The summed E-state index contributed by atoms with van der Waals surface area (Å²) in [6, 6.07) is 0. The van der Waals surface area contributed by atoms with Crippen LogP contribution in [0, 0.1) is 0 Å². The molecular formula is C9H21AuN3S2-2. The fourth-order valence-electron chi connectivity index (χ4n) is 0.980. The van der Waals surface area contributed by atoms with Gasteiger partial charge in [0.2, 0.25) is 0 Å². The second-order valence-corrected chi connectivity index (χ2v) is 5.14. The van der Waals surface area contributed by atoms with Crippen molar-refractivity contribution in [2.24, 2.45) is 0 Å². The van der Waals surface area contributed by atoms with Crippen LogP contribution in [0.3, 0.4) is 0 Å². The number of rotatable bonds is 7. The molecule has 0 spiro atoms. The SMILES string of the molecule is CN(C)CCN(CCN(C)C)C([S-])[S-].[Au]. The summed E-state index contributed by atoms with van der Waals surface area (Å²) in [5.41, 5.74) is 0. The van der Waals surface area contributed by atoms with Crippen LogP contribution in [0.2, 0.25) is 0 Å². The Balaban J connectivity index is 0. The molecule has 97 valence electrons. The molecule has 0 fully saturated rings. The van der Waals surface area contributed by atoms with Crippen LogP contribution >= 0.6 is 0 Å². The van der Waals surface area contributed by atoms with E-state index >= 15 is 0 Å². The van der Waals surface area contributed by atoms with Gasteiger partial charge in [-0.15, -0.1) is 0 Å². The summed E-state index contributed by atoms with van der Waals surface area (Å²) in [7, 11) is 8.25. The second kappa shape index (κ2) is 10.5. The average molecular weight is 432 g/mol. The Labute approximate surface area is 121 Å². The van der Waals surface area contributed by atoms with Gasteiger partial charge in [0.25, 0.3) is 0 Å². The molecule has 0 heterocycles. The van der Waals surface area contributed by atoms with E-state index in [0.29, 0.717) is 0 Å². The second-order valence-electron chi connectivity index (χ2n) is 3.95. The van der Waals surface area contributed by atoms with E-state index in [1.165, 1.54) is 0 Å². The van der Waals surface area contributed by atoms with E-state index in [0.717, 1.165) is 26.2 Å². The molecule has 0 aromatic carbocycles. The summed E-state index contributed by atoms with van der Waals surface area (Å²) < 4.78 is -0.185. The Morgan fingerprint density at radius 1 is 0.800 bits per heavy atom. The third-order valence-electron chi connectivity index (χ3n) is 1.97. The molecule has 0 saturated carbocycles. The van der Waals surface area contributed by atoms with E-state index in [9.17, 15) is 0 Å². The van der Waals surface area contributed by atoms with Crippen LogP contribution < -0.4 is 0 Å². The molecule has 0 aliphatic heterocycles. The van der Waals surface area contributed by atoms with E-state index in [2.05, 4.69) is 42.9 Å². The quantitative estimate of drug-likeness (QED) is 0.406. The first-order valence-electron chi connectivity index (χ1n) is 4.78. The molecule has 0 saturated heterocycles. The molecule has 0 aromatic heterocycles. The maximum Gasteiger partial charge on any atom is 0.0102 e. The van der Waals surface area contributed by atoms with Crippen molar-refractivity contribution >= 4 is 25.3 Å². The molecule has 6 heteroatoms. The Morgan fingerprint density at radius 2 is 1.13 bits per heavy atom. The van der Waals surface area contributed by atoms with E-state index in [4.69, 9.17) is 25.3 Å². The van der Waals surface area contributed by atoms with Crippen molar-refractivity contribution in [2.45, 2.75) is 4.71 Å². The molecule has 0 bridgehead atoms. The third kappa shape index (κ3) is 11.6. The zero-order valence-corrected chi connectivity index (χ0v) is 13.7. The van der Waals surface area contributed by atoms with Crippen molar-refractivity contribution in [3.63, 3.8) is 0 Å².